The van der Waals surface area contributed by atoms with Crippen LogP contribution >= 0.6 is 7.92 Å². The third kappa shape index (κ3) is 4.56. The van der Waals surface area contributed by atoms with Crippen molar-refractivity contribution in [3.8, 4) is 0 Å². The molecule has 0 bridgehead atoms. The van der Waals surface area contributed by atoms with E-state index in [4.69, 9.17) is 9.73 Å². The Balaban J connectivity index is 1.62. The lowest BCUT2D eigenvalue weighted by Gasteiger charge is -2.29. The van der Waals surface area contributed by atoms with E-state index < -0.39 is 7.92 Å². The van der Waals surface area contributed by atoms with Crippen LogP contribution in [0.3, 0.4) is 0 Å². The molecule has 2 atom stereocenters. The van der Waals surface area contributed by atoms with Gasteiger partial charge in [-0.15, -0.1) is 0 Å². The highest BCUT2D eigenvalue weighted by atomic mass is 31.1. The largest absolute Gasteiger partial charge is 0.467 e. The molecule has 0 saturated carbocycles. The minimum Gasteiger partial charge on any atom is -0.467 e. The van der Waals surface area contributed by atoms with Crippen molar-refractivity contribution in [2.75, 3.05) is 0 Å². The van der Waals surface area contributed by atoms with Gasteiger partial charge in [-0.05, 0) is 40.9 Å². The second-order valence-electron chi connectivity index (χ2n) is 9.72. The molecule has 1 aliphatic rings. The quantitative estimate of drug-likeness (QED) is 0.315. The van der Waals surface area contributed by atoms with E-state index in [1.165, 1.54) is 21.5 Å². The van der Waals surface area contributed by atoms with Crippen LogP contribution in [0.15, 0.2) is 120 Å². The average Bonchev–Trinajstić information content (AvgIpc) is 3.33. The van der Waals surface area contributed by atoms with Crippen LogP contribution in [-0.2, 0) is 4.74 Å². The molecular weight excluding hydrogens is 433 g/mol. The molecule has 0 unspecified atom stereocenters. The van der Waals surface area contributed by atoms with Gasteiger partial charge in [-0.3, -0.25) is 0 Å². The predicted octanol–water partition coefficient (Wildman–Crippen LogP) is 6.38. The summed E-state index contributed by atoms with van der Waals surface area (Å²) >= 11 is 0. The summed E-state index contributed by atoms with van der Waals surface area (Å²) in [6.07, 6.45) is -0.0936. The van der Waals surface area contributed by atoms with Crippen LogP contribution in [0.2, 0.25) is 0 Å². The first-order chi connectivity index (χ1) is 16.5. The van der Waals surface area contributed by atoms with E-state index in [0.29, 0.717) is 0 Å². The van der Waals surface area contributed by atoms with Crippen molar-refractivity contribution >= 4 is 29.7 Å². The molecule has 3 heteroatoms. The number of nitrogens with zero attached hydrogens (tertiary/aromatic N) is 1. The normalized spacial score (nSPS) is 17.9. The molecule has 4 aromatic carbocycles. The Hall–Kier alpha value is -3.22. The van der Waals surface area contributed by atoms with E-state index in [1.807, 2.05) is 0 Å². The van der Waals surface area contributed by atoms with Crippen molar-refractivity contribution in [1.82, 2.24) is 0 Å². The van der Waals surface area contributed by atoms with Crippen molar-refractivity contribution in [3.63, 3.8) is 0 Å². The zero-order chi connectivity index (χ0) is 23.5. The molecule has 0 radical (unpaired) electrons. The lowest BCUT2D eigenvalue weighted by Crippen LogP contribution is -2.28. The van der Waals surface area contributed by atoms with Crippen molar-refractivity contribution in [3.05, 3.63) is 126 Å². The lowest BCUT2D eigenvalue weighted by molar-refractivity contribution is 0.139. The summed E-state index contributed by atoms with van der Waals surface area (Å²) in [6.45, 7) is 6.74. The van der Waals surface area contributed by atoms with Crippen molar-refractivity contribution in [1.29, 1.82) is 0 Å². The molecule has 0 saturated heterocycles. The highest BCUT2D eigenvalue weighted by molar-refractivity contribution is 7.80. The summed E-state index contributed by atoms with van der Waals surface area (Å²) in [5, 5.41) is 3.92. The summed E-state index contributed by atoms with van der Waals surface area (Å²) in [7, 11) is -0.755. The molecule has 170 valence electrons. The first kappa shape index (κ1) is 22.6. The molecule has 0 N–H and O–H groups in total. The number of rotatable bonds is 5. The molecule has 0 spiro atoms. The molecule has 1 aliphatic heterocycles. The predicted molar refractivity (Wildman–Crippen MR) is 145 cm³/mol. The molecule has 4 aromatic rings. The monoisotopic (exact) mass is 463 g/mol. The molecule has 0 amide bonds. The first-order valence-corrected chi connectivity index (χ1v) is 13.2. The van der Waals surface area contributed by atoms with Crippen LogP contribution in [0, 0.1) is 5.41 Å². The Morgan fingerprint density at radius 1 is 0.647 bits per heavy atom. The maximum Gasteiger partial charge on any atom is 0.217 e. The van der Waals surface area contributed by atoms with E-state index in [0.717, 1.165) is 11.5 Å². The van der Waals surface area contributed by atoms with Crippen LogP contribution in [0.25, 0.3) is 0 Å². The summed E-state index contributed by atoms with van der Waals surface area (Å²) < 4.78 is 6.70. The minimum atomic E-state index is -0.755. The zero-order valence-electron chi connectivity index (χ0n) is 19.9. The Bertz CT molecular complexity index is 1220. The van der Waals surface area contributed by atoms with E-state index >= 15 is 0 Å². The number of aliphatic imine (C=N–C) groups is 1. The summed E-state index contributed by atoms with van der Waals surface area (Å²) in [5.41, 5.74) is 2.24. The summed E-state index contributed by atoms with van der Waals surface area (Å²) in [5.74, 6) is 0.753. The van der Waals surface area contributed by atoms with Crippen molar-refractivity contribution in [2.24, 2.45) is 10.4 Å². The van der Waals surface area contributed by atoms with Crippen LogP contribution in [-0.4, -0.2) is 11.9 Å². The Morgan fingerprint density at radius 3 is 1.71 bits per heavy atom. The first-order valence-electron chi connectivity index (χ1n) is 11.8. The molecule has 0 aliphatic carbocycles. The topological polar surface area (TPSA) is 21.6 Å². The van der Waals surface area contributed by atoms with Gasteiger partial charge >= 0.3 is 0 Å². The maximum atomic E-state index is 6.70. The lowest BCUT2D eigenvalue weighted by atomic mass is 9.82. The molecule has 1 heterocycles. The molecule has 5 rings (SSSR count). The Morgan fingerprint density at radius 2 is 1.15 bits per heavy atom. The summed E-state index contributed by atoms with van der Waals surface area (Å²) in [6, 6.07) is 40.8. The fourth-order valence-corrected chi connectivity index (χ4v) is 6.96. The van der Waals surface area contributed by atoms with Gasteiger partial charge in [0.1, 0.15) is 6.10 Å². The Labute approximate surface area is 204 Å². The van der Waals surface area contributed by atoms with Crippen LogP contribution in [0.5, 0.6) is 0 Å². The number of hydrogen-bond donors (Lipinski definition) is 0. The molecule has 2 nitrogen and oxygen atoms in total. The van der Waals surface area contributed by atoms with Crippen LogP contribution in [0.4, 0.5) is 0 Å². The SMILES string of the molecule is CC(C)(C)[C@@H]1N=C(c2ccccc2P(c2ccccc2)c2ccccc2)O[C@@H]1c1ccccc1. The fraction of sp³-hybridized carbons (Fsp3) is 0.194. The molecule has 34 heavy (non-hydrogen) atoms. The zero-order valence-corrected chi connectivity index (χ0v) is 20.8. The third-order valence-electron chi connectivity index (χ3n) is 6.20. The van der Waals surface area contributed by atoms with Crippen molar-refractivity contribution < 1.29 is 4.74 Å². The van der Waals surface area contributed by atoms with Gasteiger partial charge in [0, 0.05) is 5.56 Å². The van der Waals surface area contributed by atoms with Crippen LogP contribution < -0.4 is 15.9 Å². The fourth-order valence-electron chi connectivity index (χ4n) is 4.51. The summed E-state index contributed by atoms with van der Waals surface area (Å²) in [4.78, 5) is 5.22. The van der Waals surface area contributed by atoms with Crippen LogP contribution in [0.1, 0.15) is 38.0 Å². The standard InChI is InChI=1S/C31H30NOP/c1-31(2,3)29-28(23-15-7-4-8-16-23)33-30(32-29)26-21-13-14-22-27(26)34(24-17-9-5-10-18-24)25-19-11-6-12-20-25/h4-22,28-29H,1-3H3/t28-,29-/m1/s1. The molecular formula is C31H30NOP. The average molecular weight is 464 g/mol. The van der Waals surface area contributed by atoms with Gasteiger partial charge < -0.3 is 4.74 Å². The van der Waals surface area contributed by atoms with Gasteiger partial charge in [-0.25, -0.2) is 4.99 Å². The van der Waals surface area contributed by atoms with E-state index in [-0.39, 0.29) is 17.6 Å². The second kappa shape index (κ2) is 9.57. The van der Waals surface area contributed by atoms with Crippen molar-refractivity contribution in [2.45, 2.75) is 32.9 Å². The van der Waals surface area contributed by atoms with Gasteiger partial charge in [0.2, 0.25) is 5.90 Å². The highest BCUT2D eigenvalue weighted by Crippen LogP contribution is 2.41. The van der Waals surface area contributed by atoms with Gasteiger partial charge in [0.25, 0.3) is 0 Å². The van der Waals surface area contributed by atoms with Gasteiger partial charge in [-0.2, -0.15) is 0 Å². The Kier molecular flexibility index (Phi) is 6.35. The van der Waals surface area contributed by atoms with E-state index in [1.54, 1.807) is 0 Å². The highest BCUT2D eigenvalue weighted by Gasteiger charge is 2.41. The molecule has 0 fully saturated rings. The van der Waals surface area contributed by atoms with E-state index in [2.05, 4.69) is 136 Å². The maximum absolute atomic E-state index is 6.70. The molecule has 0 aromatic heterocycles. The van der Waals surface area contributed by atoms with Gasteiger partial charge in [-0.1, -0.05) is 130 Å². The minimum absolute atomic E-state index is 0.0270. The van der Waals surface area contributed by atoms with E-state index in [9.17, 15) is 0 Å². The third-order valence-corrected chi connectivity index (χ3v) is 8.70. The number of benzene rings is 4. The van der Waals surface area contributed by atoms with Gasteiger partial charge in [0.15, 0.2) is 0 Å². The number of hydrogen-bond acceptors (Lipinski definition) is 2. The second-order valence-corrected chi connectivity index (χ2v) is 11.9. The smallest absolute Gasteiger partial charge is 0.217 e. The number of ether oxygens (including phenoxy) is 1. The van der Waals surface area contributed by atoms with Gasteiger partial charge in [0.05, 0.1) is 6.04 Å².